The lowest BCUT2D eigenvalue weighted by atomic mass is 9.76. The van der Waals surface area contributed by atoms with Crippen molar-refractivity contribution in [2.75, 3.05) is 0 Å². The standard InChI is InChI=1S/C25H37F/c1-3-20-6-8-21(9-7-20)10-11-22-12-14-23(15-13-22)16-17-24-5-4-19(2)25(26)18-24/h4-5,14,18,20-22H,3,6-13,15-17H2,1-2H3/t20-,21-,22?. The SMILES string of the molecule is CC[C@H]1CC[C@H](CCC2CC=C(CCc3ccc(C)c(F)c3)CC2)CC1. The molecule has 26 heavy (non-hydrogen) atoms. The van der Waals surface area contributed by atoms with Gasteiger partial charge in [-0.3, -0.25) is 0 Å². The first-order valence-corrected chi connectivity index (χ1v) is 11.1. The summed E-state index contributed by atoms with van der Waals surface area (Å²) in [7, 11) is 0. The van der Waals surface area contributed by atoms with Crippen LogP contribution in [-0.4, -0.2) is 0 Å². The lowest BCUT2D eigenvalue weighted by molar-refractivity contribution is 0.241. The lowest BCUT2D eigenvalue weighted by Crippen LogP contribution is -2.15. The van der Waals surface area contributed by atoms with E-state index in [1.807, 2.05) is 13.0 Å². The van der Waals surface area contributed by atoms with E-state index in [1.165, 1.54) is 64.2 Å². The van der Waals surface area contributed by atoms with Crippen LogP contribution in [0.3, 0.4) is 0 Å². The molecular formula is C25H37F. The zero-order valence-corrected chi connectivity index (χ0v) is 16.9. The molecule has 0 spiro atoms. The number of rotatable bonds is 7. The van der Waals surface area contributed by atoms with Gasteiger partial charge < -0.3 is 0 Å². The van der Waals surface area contributed by atoms with Crippen LogP contribution in [0.1, 0.15) is 88.7 Å². The number of hydrogen-bond donors (Lipinski definition) is 0. The summed E-state index contributed by atoms with van der Waals surface area (Å²) in [5, 5.41) is 0. The maximum atomic E-state index is 13.7. The van der Waals surface area contributed by atoms with Gasteiger partial charge in [0.2, 0.25) is 0 Å². The van der Waals surface area contributed by atoms with Crippen LogP contribution in [0.25, 0.3) is 0 Å². The molecule has 3 rings (SSSR count). The van der Waals surface area contributed by atoms with Crippen LogP contribution >= 0.6 is 0 Å². The summed E-state index contributed by atoms with van der Waals surface area (Å²) in [5.41, 5.74) is 3.49. The van der Waals surface area contributed by atoms with E-state index in [0.717, 1.165) is 41.7 Å². The third-order valence-electron chi connectivity index (χ3n) is 7.11. The molecule has 0 bridgehead atoms. The Morgan fingerprint density at radius 1 is 0.923 bits per heavy atom. The van der Waals surface area contributed by atoms with Crippen LogP contribution in [-0.2, 0) is 6.42 Å². The van der Waals surface area contributed by atoms with Crippen molar-refractivity contribution < 1.29 is 4.39 Å². The molecule has 0 amide bonds. The van der Waals surface area contributed by atoms with Gasteiger partial charge >= 0.3 is 0 Å². The van der Waals surface area contributed by atoms with E-state index in [0.29, 0.717) is 0 Å². The summed E-state index contributed by atoms with van der Waals surface area (Å²) in [6, 6.07) is 5.70. The summed E-state index contributed by atoms with van der Waals surface area (Å²) < 4.78 is 13.7. The van der Waals surface area contributed by atoms with Gasteiger partial charge in [0.25, 0.3) is 0 Å². The van der Waals surface area contributed by atoms with Gasteiger partial charge in [-0.05, 0) is 80.4 Å². The Morgan fingerprint density at radius 3 is 2.31 bits per heavy atom. The van der Waals surface area contributed by atoms with E-state index in [4.69, 9.17) is 0 Å². The first-order valence-electron chi connectivity index (χ1n) is 11.1. The molecule has 0 heterocycles. The topological polar surface area (TPSA) is 0 Å². The van der Waals surface area contributed by atoms with Crippen molar-refractivity contribution in [1.29, 1.82) is 0 Å². The van der Waals surface area contributed by atoms with E-state index in [1.54, 1.807) is 11.6 Å². The van der Waals surface area contributed by atoms with Crippen molar-refractivity contribution in [3.8, 4) is 0 Å². The Kier molecular flexibility index (Phi) is 7.34. The molecule has 1 fully saturated rings. The van der Waals surface area contributed by atoms with Gasteiger partial charge in [-0.25, -0.2) is 4.39 Å². The number of hydrogen-bond acceptors (Lipinski definition) is 0. The average molecular weight is 357 g/mol. The highest BCUT2D eigenvalue weighted by atomic mass is 19.1. The molecule has 1 aromatic rings. The molecule has 1 atom stereocenters. The molecular weight excluding hydrogens is 319 g/mol. The van der Waals surface area contributed by atoms with E-state index in [-0.39, 0.29) is 5.82 Å². The van der Waals surface area contributed by atoms with Gasteiger partial charge in [0, 0.05) is 0 Å². The highest BCUT2D eigenvalue weighted by molar-refractivity contribution is 5.24. The molecule has 1 saturated carbocycles. The number of halogens is 1. The van der Waals surface area contributed by atoms with Gasteiger partial charge in [0.1, 0.15) is 5.82 Å². The molecule has 0 aliphatic heterocycles. The van der Waals surface area contributed by atoms with Crippen molar-refractivity contribution in [2.45, 2.75) is 90.9 Å². The van der Waals surface area contributed by atoms with Crippen molar-refractivity contribution in [1.82, 2.24) is 0 Å². The Bertz CT molecular complexity index is 592. The fraction of sp³-hybridized carbons (Fsp3) is 0.680. The molecule has 1 aromatic carbocycles. The molecule has 144 valence electrons. The number of benzene rings is 1. The highest BCUT2D eigenvalue weighted by Gasteiger charge is 2.22. The predicted octanol–water partition coefficient (Wildman–Crippen LogP) is 7.79. The second-order valence-electron chi connectivity index (χ2n) is 8.96. The monoisotopic (exact) mass is 356 g/mol. The molecule has 0 aromatic heterocycles. The molecule has 2 aliphatic rings. The summed E-state index contributed by atoms with van der Waals surface area (Å²) >= 11 is 0. The van der Waals surface area contributed by atoms with Gasteiger partial charge in [-0.2, -0.15) is 0 Å². The summed E-state index contributed by atoms with van der Waals surface area (Å²) in [4.78, 5) is 0. The second kappa shape index (κ2) is 9.72. The zero-order chi connectivity index (χ0) is 18.4. The summed E-state index contributed by atoms with van der Waals surface area (Å²) in [6.45, 7) is 4.19. The van der Waals surface area contributed by atoms with Crippen LogP contribution in [0.2, 0.25) is 0 Å². The van der Waals surface area contributed by atoms with Crippen molar-refractivity contribution in [3.05, 3.63) is 46.8 Å². The molecule has 1 unspecified atom stereocenters. The fourth-order valence-electron chi connectivity index (χ4n) is 4.93. The Labute approximate surface area is 160 Å². The first kappa shape index (κ1) is 19.6. The fourth-order valence-corrected chi connectivity index (χ4v) is 4.93. The van der Waals surface area contributed by atoms with Crippen molar-refractivity contribution >= 4 is 0 Å². The molecule has 0 radical (unpaired) electrons. The zero-order valence-electron chi connectivity index (χ0n) is 16.9. The molecule has 0 nitrogen and oxygen atoms in total. The van der Waals surface area contributed by atoms with E-state index in [9.17, 15) is 4.39 Å². The van der Waals surface area contributed by atoms with Crippen molar-refractivity contribution in [2.24, 2.45) is 17.8 Å². The van der Waals surface area contributed by atoms with Gasteiger partial charge in [0.05, 0.1) is 0 Å². The molecule has 0 N–H and O–H groups in total. The van der Waals surface area contributed by atoms with E-state index >= 15 is 0 Å². The summed E-state index contributed by atoms with van der Waals surface area (Å²) in [5.74, 6) is 2.89. The molecule has 1 heteroatoms. The lowest BCUT2D eigenvalue weighted by Gasteiger charge is -2.29. The third kappa shape index (κ3) is 5.69. The third-order valence-corrected chi connectivity index (χ3v) is 7.11. The summed E-state index contributed by atoms with van der Waals surface area (Å²) in [6.07, 6.45) is 18.7. The maximum Gasteiger partial charge on any atom is 0.126 e. The van der Waals surface area contributed by atoms with Crippen LogP contribution in [0.5, 0.6) is 0 Å². The largest absolute Gasteiger partial charge is 0.207 e. The second-order valence-corrected chi connectivity index (χ2v) is 8.96. The van der Waals surface area contributed by atoms with Gasteiger partial charge in [-0.1, -0.05) is 69.2 Å². The minimum atomic E-state index is -0.0619. The van der Waals surface area contributed by atoms with Crippen LogP contribution in [0, 0.1) is 30.5 Å². The minimum absolute atomic E-state index is 0.0619. The van der Waals surface area contributed by atoms with Crippen LogP contribution in [0.4, 0.5) is 4.39 Å². The smallest absolute Gasteiger partial charge is 0.126 e. The average Bonchev–Trinajstić information content (AvgIpc) is 2.68. The normalized spacial score (nSPS) is 26.6. The Hall–Kier alpha value is -1.11. The number of aryl methyl sites for hydroxylation is 2. The molecule has 0 saturated heterocycles. The number of allylic oxidation sites excluding steroid dienone is 2. The quantitative estimate of drug-likeness (QED) is 0.437. The maximum absolute atomic E-state index is 13.7. The van der Waals surface area contributed by atoms with E-state index in [2.05, 4.69) is 19.1 Å². The van der Waals surface area contributed by atoms with Gasteiger partial charge in [0.15, 0.2) is 0 Å². The highest BCUT2D eigenvalue weighted by Crippen LogP contribution is 2.36. The minimum Gasteiger partial charge on any atom is -0.207 e. The first-order chi connectivity index (χ1) is 12.6. The van der Waals surface area contributed by atoms with Crippen LogP contribution in [0.15, 0.2) is 29.8 Å². The van der Waals surface area contributed by atoms with E-state index < -0.39 is 0 Å². The van der Waals surface area contributed by atoms with Gasteiger partial charge in [-0.15, -0.1) is 0 Å². The predicted molar refractivity (Wildman–Crippen MR) is 110 cm³/mol. The molecule has 2 aliphatic carbocycles. The van der Waals surface area contributed by atoms with Crippen LogP contribution < -0.4 is 0 Å². The Balaban J connectivity index is 1.36. The van der Waals surface area contributed by atoms with Crippen molar-refractivity contribution in [3.63, 3.8) is 0 Å². The Morgan fingerprint density at radius 2 is 1.65 bits per heavy atom.